The van der Waals surface area contributed by atoms with Gasteiger partial charge in [-0.2, -0.15) is 0 Å². The van der Waals surface area contributed by atoms with E-state index in [0.29, 0.717) is 11.3 Å². The van der Waals surface area contributed by atoms with Gasteiger partial charge in [0.25, 0.3) is 0 Å². The number of hydrogen-bond acceptors (Lipinski definition) is 3. The van der Waals surface area contributed by atoms with Crippen molar-refractivity contribution in [2.75, 3.05) is 6.61 Å². The molecular formula is C20H18O3. The van der Waals surface area contributed by atoms with Crippen LogP contribution in [0.3, 0.4) is 0 Å². The lowest BCUT2D eigenvalue weighted by Gasteiger charge is -2.17. The fraction of sp³-hybridized carbons (Fsp3) is 0.250. The monoisotopic (exact) mass is 306 g/mol. The zero-order chi connectivity index (χ0) is 16.0. The Hall–Kier alpha value is -2.55. The van der Waals surface area contributed by atoms with Crippen LogP contribution in [0.25, 0.3) is 11.0 Å². The van der Waals surface area contributed by atoms with E-state index >= 15 is 0 Å². The molecule has 2 heterocycles. The number of rotatable bonds is 2. The van der Waals surface area contributed by atoms with Gasteiger partial charge in [0.2, 0.25) is 5.78 Å². The summed E-state index contributed by atoms with van der Waals surface area (Å²) in [6, 6.07) is 11.6. The Morgan fingerprint density at radius 1 is 1.04 bits per heavy atom. The van der Waals surface area contributed by atoms with Gasteiger partial charge in [-0.15, -0.1) is 0 Å². The van der Waals surface area contributed by atoms with Gasteiger partial charge >= 0.3 is 0 Å². The van der Waals surface area contributed by atoms with Crippen LogP contribution in [0, 0.1) is 13.8 Å². The molecule has 1 aliphatic rings. The van der Waals surface area contributed by atoms with Crippen LogP contribution in [0.15, 0.2) is 40.8 Å². The molecule has 116 valence electrons. The smallest absolute Gasteiger partial charge is 0.228 e. The van der Waals surface area contributed by atoms with E-state index in [1.807, 2.05) is 50.2 Å². The van der Waals surface area contributed by atoms with Crippen molar-refractivity contribution in [1.29, 1.82) is 0 Å². The summed E-state index contributed by atoms with van der Waals surface area (Å²) in [5, 5.41) is 0.942. The molecule has 0 unspecified atom stereocenters. The highest BCUT2D eigenvalue weighted by molar-refractivity contribution is 6.11. The molecule has 3 nitrogen and oxygen atoms in total. The summed E-state index contributed by atoms with van der Waals surface area (Å²) in [7, 11) is 0. The van der Waals surface area contributed by atoms with Crippen LogP contribution in [0.5, 0.6) is 5.75 Å². The van der Waals surface area contributed by atoms with Crippen LogP contribution in [-0.2, 0) is 6.42 Å². The van der Waals surface area contributed by atoms with E-state index in [-0.39, 0.29) is 5.78 Å². The maximum atomic E-state index is 12.8. The number of ether oxygens (including phenoxy) is 1. The first-order valence-electron chi connectivity index (χ1n) is 7.94. The number of ketones is 1. The van der Waals surface area contributed by atoms with Crippen molar-refractivity contribution < 1.29 is 13.9 Å². The van der Waals surface area contributed by atoms with Gasteiger partial charge in [-0.1, -0.05) is 35.9 Å². The molecule has 0 amide bonds. The summed E-state index contributed by atoms with van der Waals surface area (Å²) in [4.78, 5) is 12.8. The molecule has 2 aromatic carbocycles. The molecule has 4 rings (SSSR count). The lowest BCUT2D eigenvalue weighted by atomic mass is 9.99. The SMILES string of the molecule is Cc1ccc(C(=O)c2oc3ccc4c(c3c2C)OCCC4)cc1. The Bertz CT molecular complexity index is 901. The van der Waals surface area contributed by atoms with Gasteiger partial charge in [-0.3, -0.25) is 4.79 Å². The Kier molecular flexibility index (Phi) is 3.22. The number of hydrogen-bond donors (Lipinski definition) is 0. The Morgan fingerprint density at radius 2 is 1.83 bits per heavy atom. The quantitative estimate of drug-likeness (QED) is 0.649. The number of carbonyl (C=O) groups is 1. The van der Waals surface area contributed by atoms with Crippen molar-refractivity contribution in [3.05, 3.63) is 64.4 Å². The number of furan rings is 1. The third-order valence-corrected chi connectivity index (χ3v) is 4.49. The first-order chi connectivity index (χ1) is 11.1. The normalized spacial score (nSPS) is 13.7. The van der Waals surface area contributed by atoms with Gasteiger partial charge in [-0.05, 0) is 38.3 Å². The van der Waals surface area contributed by atoms with Crippen LogP contribution >= 0.6 is 0 Å². The maximum absolute atomic E-state index is 12.8. The molecule has 23 heavy (non-hydrogen) atoms. The third-order valence-electron chi connectivity index (χ3n) is 4.49. The highest BCUT2D eigenvalue weighted by Crippen LogP contribution is 2.38. The van der Waals surface area contributed by atoms with Gasteiger partial charge in [0.1, 0.15) is 11.3 Å². The van der Waals surface area contributed by atoms with Crippen molar-refractivity contribution >= 4 is 16.8 Å². The highest BCUT2D eigenvalue weighted by Gasteiger charge is 2.24. The lowest BCUT2D eigenvalue weighted by molar-refractivity contribution is 0.101. The standard InChI is InChI=1S/C20H18O3/c1-12-5-7-14(8-6-12)18(21)19-13(2)17-16(23-19)10-9-15-4-3-11-22-20(15)17/h5-10H,3-4,11H2,1-2H3. The predicted molar refractivity (Wildman–Crippen MR) is 89.4 cm³/mol. The number of benzene rings is 2. The van der Waals surface area contributed by atoms with E-state index in [1.165, 1.54) is 5.56 Å². The molecular weight excluding hydrogens is 288 g/mol. The molecule has 0 bridgehead atoms. The molecule has 1 aliphatic heterocycles. The van der Waals surface area contributed by atoms with Crippen LogP contribution in [0.2, 0.25) is 0 Å². The molecule has 0 aliphatic carbocycles. The van der Waals surface area contributed by atoms with Gasteiger partial charge in [-0.25, -0.2) is 0 Å². The second-order valence-corrected chi connectivity index (χ2v) is 6.13. The predicted octanol–water partition coefficient (Wildman–Crippen LogP) is 4.61. The Balaban J connectivity index is 1.86. The van der Waals surface area contributed by atoms with Gasteiger partial charge in [0, 0.05) is 11.1 Å². The van der Waals surface area contributed by atoms with Gasteiger partial charge in [0.05, 0.1) is 12.0 Å². The molecule has 1 aromatic heterocycles. The molecule has 3 heteroatoms. The van der Waals surface area contributed by atoms with Crippen LogP contribution in [-0.4, -0.2) is 12.4 Å². The molecule has 0 atom stereocenters. The second-order valence-electron chi connectivity index (χ2n) is 6.13. The first-order valence-corrected chi connectivity index (χ1v) is 7.94. The van der Waals surface area contributed by atoms with E-state index in [2.05, 4.69) is 0 Å². The minimum absolute atomic E-state index is 0.0803. The van der Waals surface area contributed by atoms with Crippen LogP contribution in [0.1, 0.15) is 39.2 Å². The summed E-state index contributed by atoms with van der Waals surface area (Å²) in [5.41, 5.74) is 4.56. The fourth-order valence-electron chi connectivity index (χ4n) is 3.20. The Labute approximate surface area is 134 Å². The highest BCUT2D eigenvalue weighted by atomic mass is 16.5. The van der Waals surface area contributed by atoms with E-state index in [4.69, 9.17) is 9.15 Å². The summed E-state index contributed by atoms with van der Waals surface area (Å²) < 4.78 is 11.7. The fourth-order valence-corrected chi connectivity index (χ4v) is 3.20. The molecule has 0 spiro atoms. The van der Waals surface area contributed by atoms with E-state index in [9.17, 15) is 4.79 Å². The van der Waals surface area contributed by atoms with Crippen LogP contribution in [0.4, 0.5) is 0 Å². The minimum Gasteiger partial charge on any atom is -0.493 e. The Morgan fingerprint density at radius 3 is 2.61 bits per heavy atom. The molecule has 0 saturated heterocycles. The summed E-state index contributed by atoms with van der Waals surface area (Å²) >= 11 is 0. The molecule has 0 radical (unpaired) electrons. The number of aryl methyl sites for hydroxylation is 3. The zero-order valence-electron chi connectivity index (χ0n) is 13.3. The number of fused-ring (bicyclic) bond motifs is 3. The van der Waals surface area contributed by atoms with Gasteiger partial charge in [0.15, 0.2) is 5.76 Å². The molecule has 3 aromatic rings. The summed E-state index contributed by atoms with van der Waals surface area (Å²) in [6.45, 7) is 4.66. The maximum Gasteiger partial charge on any atom is 0.228 e. The lowest BCUT2D eigenvalue weighted by Crippen LogP contribution is -2.08. The van der Waals surface area contributed by atoms with Crippen LogP contribution < -0.4 is 4.74 Å². The summed E-state index contributed by atoms with van der Waals surface area (Å²) in [6.07, 6.45) is 2.04. The molecule has 0 saturated carbocycles. The average Bonchev–Trinajstić information content (AvgIpc) is 2.92. The minimum atomic E-state index is -0.0803. The van der Waals surface area contributed by atoms with Crippen molar-refractivity contribution in [2.45, 2.75) is 26.7 Å². The van der Waals surface area contributed by atoms with E-state index in [0.717, 1.165) is 47.3 Å². The van der Waals surface area contributed by atoms with E-state index in [1.54, 1.807) is 0 Å². The van der Waals surface area contributed by atoms with Crippen molar-refractivity contribution in [2.24, 2.45) is 0 Å². The van der Waals surface area contributed by atoms with Gasteiger partial charge < -0.3 is 9.15 Å². The van der Waals surface area contributed by atoms with Crippen molar-refractivity contribution in [3.8, 4) is 5.75 Å². The average molecular weight is 306 g/mol. The second kappa shape index (κ2) is 5.27. The zero-order valence-corrected chi connectivity index (χ0v) is 13.3. The molecule has 0 N–H and O–H groups in total. The number of carbonyl (C=O) groups excluding carboxylic acids is 1. The van der Waals surface area contributed by atoms with E-state index < -0.39 is 0 Å². The third kappa shape index (κ3) is 2.24. The summed E-state index contributed by atoms with van der Waals surface area (Å²) in [5.74, 6) is 1.22. The molecule has 0 fully saturated rings. The topological polar surface area (TPSA) is 39.4 Å². The largest absolute Gasteiger partial charge is 0.493 e. The first kappa shape index (κ1) is 14.1. The van der Waals surface area contributed by atoms with Crippen molar-refractivity contribution in [1.82, 2.24) is 0 Å². The van der Waals surface area contributed by atoms with Crippen molar-refractivity contribution in [3.63, 3.8) is 0 Å².